The molecule has 0 radical (unpaired) electrons. The summed E-state index contributed by atoms with van der Waals surface area (Å²) in [5, 5.41) is 14.0. The third kappa shape index (κ3) is 7.38. The van der Waals surface area contributed by atoms with E-state index in [0.29, 0.717) is 15.6 Å². The number of carbonyl (C=O) groups is 2. The number of carbonyl (C=O) groups excluding carboxylic acids is 2. The van der Waals surface area contributed by atoms with Crippen molar-refractivity contribution in [1.29, 1.82) is 0 Å². The van der Waals surface area contributed by atoms with Crippen LogP contribution >= 0.6 is 23.4 Å². The van der Waals surface area contributed by atoms with Gasteiger partial charge in [-0.3, -0.25) is 4.79 Å². The van der Waals surface area contributed by atoms with E-state index in [4.69, 9.17) is 20.8 Å². The average molecular weight is 638 g/mol. The number of aromatic nitrogens is 2. The van der Waals surface area contributed by atoms with Gasteiger partial charge in [0.1, 0.15) is 17.5 Å². The Hall–Kier alpha value is -3.45. The standard InChI is InChI=1S/C29H31ClF3N5O4S/c1-15(17-11-29(32,33)12-17)34-26-37-36-24(41-26)19-9-22-23(10-20(19)31)43-14-21(35-27(40)42-28(2,3)4)25(39)38(22)13-16-5-7-18(30)8-6-16/h5-10,15,17,21H,11-14H2,1-4H3,(H,34,37)(H,35,40)/t15?,21-/m0/s1. The van der Waals surface area contributed by atoms with E-state index < -0.39 is 35.4 Å². The summed E-state index contributed by atoms with van der Waals surface area (Å²) < 4.78 is 53.1. The van der Waals surface area contributed by atoms with Gasteiger partial charge in [0.05, 0.1) is 17.8 Å². The van der Waals surface area contributed by atoms with Crippen LogP contribution in [0.5, 0.6) is 0 Å². The highest BCUT2D eigenvalue weighted by Gasteiger charge is 2.47. The summed E-state index contributed by atoms with van der Waals surface area (Å²) in [5.41, 5.74) is 0.313. The van der Waals surface area contributed by atoms with Crippen LogP contribution in [0.4, 0.5) is 29.7 Å². The van der Waals surface area contributed by atoms with E-state index >= 15 is 4.39 Å². The van der Waals surface area contributed by atoms with Gasteiger partial charge < -0.3 is 24.7 Å². The maximum absolute atomic E-state index is 15.5. The van der Waals surface area contributed by atoms with E-state index in [-0.39, 0.29) is 54.6 Å². The van der Waals surface area contributed by atoms with E-state index in [9.17, 15) is 18.4 Å². The number of fused-ring (bicyclic) bond motifs is 1. The van der Waals surface area contributed by atoms with Crippen molar-refractivity contribution in [3.05, 3.63) is 52.8 Å². The second kappa shape index (κ2) is 11.9. The Morgan fingerprint density at radius 1 is 1.23 bits per heavy atom. The Kier molecular flexibility index (Phi) is 8.59. The highest BCUT2D eigenvalue weighted by Crippen LogP contribution is 2.45. The molecule has 14 heteroatoms. The van der Waals surface area contributed by atoms with Gasteiger partial charge in [0.15, 0.2) is 0 Å². The van der Waals surface area contributed by atoms with Crippen molar-refractivity contribution >= 4 is 47.1 Å². The van der Waals surface area contributed by atoms with Crippen molar-refractivity contribution in [2.24, 2.45) is 5.92 Å². The number of nitrogens with zero attached hydrogens (tertiary/aromatic N) is 3. The molecule has 3 aromatic rings. The minimum Gasteiger partial charge on any atom is -0.444 e. The van der Waals surface area contributed by atoms with Gasteiger partial charge in [0.25, 0.3) is 11.8 Å². The number of rotatable bonds is 7. The minimum atomic E-state index is -2.67. The first-order chi connectivity index (χ1) is 20.2. The zero-order valence-electron chi connectivity index (χ0n) is 23.9. The Balaban J connectivity index is 1.44. The van der Waals surface area contributed by atoms with Gasteiger partial charge in [-0.2, -0.15) is 0 Å². The van der Waals surface area contributed by atoms with E-state index in [1.807, 2.05) is 0 Å². The van der Waals surface area contributed by atoms with Gasteiger partial charge in [0.2, 0.25) is 5.92 Å². The first kappa shape index (κ1) is 31.0. The quantitative estimate of drug-likeness (QED) is 0.288. The normalized spacial score (nSPS) is 19.2. The lowest BCUT2D eigenvalue weighted by molar-refractivity contribution is -0.120. The number of ether oxygens (including phenoxy) is 1. The van der Waals surface area contributed by atoms with Crippen molar-refractivity contribution in [2.45, 2.75) is 75.6 Å². The third-order valence-corrected chi connectivity index (χ3v) is 8.48. The Bertz CT molecular complexity index is 1510. The first-order valence-corrected chi connectivity index (χ1v) is 15.0. The summed E-state index contributed by atoms with van der Waals surface area (Å²) in [6.07, 6.45) is -1.22. The van der Waals surface area contributed by atoms with Gasteiger partial charge in [-0.05, 0) is 63.4 Å². The fourth-order valence-corrected chi connectivity index (χ4v) is 6.04. The molecule has 1 aliphatic carbocycles. The van der Waals surface area contributed by atoms with E-state index in [0.717, 1.165) is 5.56 Å². The molecule has 2 atom stereocenters. The average Bonchev–Trinajstić information content (AvgIpc) is 3.31. The summed E-state index contributed by atoms with van der Waals surface area (Å²) in [5.74, 6) is -4.03. The molecule has 5 rings (SSSR count). The third-order valence-electron chi connectivity index (χ3n) is 7.09. The summed E-state index contributed by atoms with van der Waals surface area (Å²) >= 11 is 7.26. The zero-order valence-corrected chi connectivity index (χ0v) is 25.5. The van der Waals surface area contributed by atoms with Gasteiger partial charge in [0, 0.05) is 34.6 Å². The smallest absolute Gasteiger partial charge is 0.408 e. The molecule has 0 spiro atoms. The van der Waals surface area contributed by atoms with Crippen LogP contribution in [0.1, 0.15) is 46.1 Å². The number of thioether (sulfide) groups is 1. The van der Waals surface area contributed by atoms with Crippen LogP contribution in [-0.4, -0.2) is 51.6 Å². The summed E-state index contributed by atoms with van der Waals surface area (Å²) in [7, 11) is 0. The van der Waals surface area contributed by atoms with Crippen molar-refractivity contribution in [3.8, 4) is 11.5 Å². The van der Waals surface area contributed by atoms with Crippen LogP contribution in [-0.2, 0) is 16.1 Å². The largest absolute Gasteiger partial charge is 0.444 e. The van der Waals surface area contributed by atoms with Crippen LogP contribution in [0, 0.1) is 11.7 Å². The number of hydrogen-bond donors (Lipinski definition) is 2. The second-order valence-electron chi connectivity index (χ2n) is 11.7. The summed E-state index contributed by atoms with van der Waals surface area (Å²) in [4.78, 5) is 28.4. The maximum atomic E-state index is 15.5. The lowest BCUT2D eigenvalue weighted by Gasteiger charge is -2.38. The topological polar surface area (TPSA) is 110 Å². The molecule has 2 aromatic carbocycles. The number of alkyl halides is 2. The molecular weight excluding hydrogens is 607 g/mol. The number of anilines is 2. The van der Waals surface area contributed by atoms with Crippen LogP contribution < -0.4 is 15.5 Å². The molecule has 2 heterocycles. The van der Waals surface area contributed by atoms with Crippen LogP contribution in [0.15, 0.2) is 45.7 Å². The molecule has 1 unspecified atom stereocenters. The van der Waals surface area contributed by atoms with E-state index in [1.54, 1.807) is 52.0 Å². The molecule has 43 heavy (non-hydrogen) atoms. The summed E-state index contributed by atoms with van der Waals surface area (Å²) in [6, 6.07) is 8.30. The van der Waals surface area contributed by atoms with Gasteiger partial charge in [-0.25, -0.2) is 18.0 Å². The summed E-state index contributed by atoms with van der Waals surface area (Å²) in [6.45, 7) is 6.99. The van der Waals surface area contributed by atoms with Crippen LogP contribution in [0.25, 0.3) is 11.5 Å². The van der Waals surface area contributed by atoms with Crippen molar-refractivity contribution in [3.63, 3.8) is 0 Å². The SMILES string of the molecule is CC(Nc1nnc(-c2cc3c(cc2F)SC[C@H](NC(=O)OC(C)(C)C)C(=O)N3Cc2ccc(Cl)cc2)o1)C1CC(F)(F)C1. The molecular formula is C29H31ClF3N5O4S. The van der Waals surface area contributed by atoms with Crippen molar-refractivity contribution in [2.75, 3.05) is 16.0 Å². The van der Waals surface area contributed by atoms with Crippen LogP contribution in [0.3, 0.4) is 0 Å². The number of halogens is 4. The molecule has 1 fully saturated rings. The monoisotopic (exact) mass is 637 g/mol. The lowest BCUT2D eigenvalue weighted by atomic mass is 9.77. The number of hydrogen-bond acceptors (Lipinski definition) is 8. The number of benzene rings is 2. The fourth-order valence-electron chi connectivity index (χ4n) is 4.84. The zero-order chi connectivity index (χ0) is 31.1. The maximum Gasteiger partial charge on any atom is 0.408 e. The lowest BCUT2D eigenvalue weighted by Crippen LogP contribution is -2.50. The van der Waals surface area contributed by atoms with Crippen molar-refractivity contribution in [1.82, 2.24) is 15.5 Å². The molecule has 0 saturated heterocycles. The second-order valence-corrected chi connectivity index (χ2v) is 13.2. The Morgan fingerprint density at radius 3 is 2.58 bits per heavy atom. The van der Waals surface area contributed by atoms with Gasteiger partial charge in [-0.1, -0.05) is 28.8 Å². The highest BCUT2D eigenvalue weighted by molar-refractivity contribution is 7.99. The number of amides is 2. The highest BCUT2D eigenvalue weighted by atomic mass is 35.5. The molecule has 1 aliphatic heterocycles. The Labute approximate surface area is 255 Å². The molecule has 0 bridgehead atoms. The molecule has 2 aliphatic rings. The predicted octanol–water partition coefficient (Wildman–Crippen LogP) is 6.91. The first-order valence-electron chi connectivity index (χ1n) is 13.7. The number of nitrogens with one attached hydrogen (secondary N) is 2. The van der Waals surface area contributed by atoms with Crippen molar-refractivity contribution < 1.29 is 31.9 Å². The Morgan fingerprint density at radius 2 is 1.93 bits per heavy atom. The van der Waals surface area contributed by atoms with Gasteiger partial charge >= 0.3 is 12.1 Å². The van der Waals surface area contributed by atoms with E-state index in [1.165, 1.54) is 28.8 Å². The fraction of sp³-hybridized carbons (Fsp3) is 0.448. The number of alkyl carbamates (subject to hydrolysis) is 1. The molecule has 230 valence electrons. The molecule has 2 N–H and O–H groups in total. The van der Waals surface area contributed by atoms with E-state index in [2.05, 4.69) is 20.8 Å². The van der Waals surface area contributed by atoms with Crippen LogP contribution in [0.2, 0.25) is 5.02 Å². The van der Waals surface area contributed by atoms with Gasteiger partial charge in [-0.15, -0.1) is 16.9 Å². The molecule has 1 saturated carbocycles. The molecule has 9 nitrogen and oxygen atoms in total. The predicted molar refractivity (Wildman–Crippen MR) is 157 cm³/mol. The molecule has 1 aromatic heterocycles. The molecule has 2 amide bonds. The minimum absolute atomic E-state index is 0.0304.